The van der Waals surface area contributed by atoms with E-state index in [4.69, 9.17) is 0 Å². The van der Waals surface area contributed by atoms with Gasteiger partial charge in [-0.3, -0.25) is 9.08 Å². The van der Waals surface area contributed by atoms with Crippen molar-refractivity contribution in [2.75, 3.05) is 0 Å². The lowest BCUT2D eigenvalue weighted by atomic mass is 10.4. The molecular formula is C11H13N5S. The van der Waals surface area contributed by atoms with E-state index in [0.717, 1.165) is 29.4 Å². The number of aryl methyl sites for hydroxylation is 1. The lowest BCUT2D eigenvalue weighted by Gasteiger charge is -1.98. The van der Waals surface area contributed by atoms with Crippen molar-refractivity contribution in [1.29, 1.82) is 0 Å². The molecule has 0 aliphatic heterocycles. The Morgan fingerprint density at radius 3 is 2.94 bits per heavy atom. The Morgan fingerprint density at radius 2 is 2.18 bits per heavy atom. The molecule has 0 atom stereocenters. The maximum absolute atomic E-state index is 4.50. The SMILES string of the molecule is Cn1ccc(CNCc2cn3ccsc3n2)n1. The zero-order valence-corrected chi connectivity index (χ0v) is 10.3. The van der Waals surface area contributed by atoms with Gasteiger partial charge in [-0.2, -0.15) is 5.10 Å². The number of nitrogens with zero attached hydrogens (tertiary/aromatic N) is 4. The first-order valence-corrected chi connectivity index (χ1v) is 6.29. The number of aromatic nitrogens is 4. The van der Waals surface area contributed by atoms with Crippen molar-refractivity contribution in [3.05, 3.63) is 41.4 Å². The third-order valence-corrected chi connectivity index (χ3v) is 3.29. The van der Waals surface area contributed by atoms with Crippen molar-refractivity contribution in [3.63, 3.8) is 0 Å². The van der Waals surface area contributed by atoms with Crippen LogP contribution in [0.3, 0.4) is 0 Å². The number of imidazole rings is 1. The predicted molar refractivity (Wildman–Crippen MR) is 66.8 cm³/mol. The van der Waals surface area contributed by atoms with Gasteiger partial charge in [0.1, 0.15) is 0 Å². The Labute approximate surface area is 103 Å². The fourth-order valence-corrected chi connectivity index (χ4v) is 2.46. The molecule has 0 saturated carbocycles. The average molecular weight is 247 g/mol. The van der Waals surface area contributed by atoms with Crippen LogP contribution >= 0.6 is 11.3 Å². The van der Waals surface area contributed by atoms with Gasteiger partial charge < -0.3 is 5.32 Å². The van der Waals surface area contributed by atoms with Crippen molar-refractivity contribution in [2.45, 2.75) is 13.1 Å². The molecule has 3 heterocycles. The monoisotopic (exact) mass is 247 g/mol. The molecule has 0 saturated heterocycles. The molecule has 0 bridgehead atoms. The summed E-state index contributed by atoms with van der Waals surface area (Å²) in [5.41, 5.74) is 2.11. The summed E-state index contributed by atoms with van der Waals surface area (Å²) in [5.74, 6) is 0. The number of nitrogens with one attached hydrogen (secondary N) is 1. The molecule has 6 heteroatoms. The number of fused-ring (bicyclic) bond motifs is 1. The van der Waals surface area contributed by atoms with Gasteiger partial charge in [-0.25, -0.2) is 4.98 Å². The lowest BCUT2D eigenvalue weighted by molar-refractivity contribution is 0.650. The smallest absolute Gasteiger partial charge is 0.193 e. The van der Waals surface area contributed by atoms with Gasteiger partial charge >= 0.3 is 0 Å². The summed E-state index contributed by atoms with van der Waals surface area (Å²) < 4.78 is 3.85. The molecule has 0 aliphatic carbocycles. The molecule has 3 aromatic rings. The highest BCUT2D eigenvalue weighted by Gasteiger charge is 2.02. The Morgan fingerprint density at radius 1 is 1.29 bits per heavy atom. The molecule has 5 nitrogen and oxygen atoms in total. The third kappa shape index (κ3) is 2.22. The normalized spacial score (nSPS) is 11.4. The zero-order valence-electron chi connectivity index (χ0n) is 9.50. The zero-order chi connectivity index (χ0) is 11.7. The van der Waals surface area contributed by atoms with E-state index >= 15 is 0 Å². The Bertz CT molecular complexity index is 592. The first-order chi connectivity index (χ1) is 8.31. The van der Waals surface area contributed by atoms with Crippen LogP contribution in [0.5, 0.6) is 0 Å². The van der Waals surface area contributed by atoms with Gasteiger partial charge in [0.15, 0.2) is 4.96 Å². The van der Waals surface area contributed by atoms with Crippen LogP contribution in [-0.4, -0.2) is 19.2 Å². The molecule has 3 aromatic heterocycles. The Balaban J connectivity index is 1.59. The highest BCUT2D eigenvalue weighted by Crippen LogP contribution is 2.11. The molecule has 0 aliphatic rings. The molecule has 0 aromatic carbocycles. The van der Waals surface area contributed by atoms with Crippen LogP contribution in [-0.2, 0) is 20.1 Å². The van der Waals surface area contributed by atoms with E-state index in [2.05, 4.69) is 21.6 Å². The van der Waals surface area contributed by atoms with Crippen molar-refractivity contribution in [3.8, 4) is 0 Å². The van der Waals surface area contributed by atoms with Crippen LogP contribution in [0.2, 0.25) is 0 Å². The topological polar surface area (TPSA) is 47.2 Å². The minimum atomic E-state index is 0.769. The number of rotatable bonds is 4. The molecule has 0 spiro atoms. The molecule has 0 amide bonds. The standard InChI is InChI=1S/C11H13N5S/c1-15-3-2-9(14-15)6-12-7-10-8-16-4-5-17-11(16)13-10/h2-5,8,12H,6-7H2,1H3. The molecular weight excluding hydrogens is 234 g/mol. The van der Waals surface area contributed by atoms with Crippen LogP contribution in [0.4, 0.5) is 0 Å². The van der Waals surface area contributed by atoms with Gasteiger partial charge in [-0.1, -0.05) is 0 Å². The Kier molecular flexibility index (Phi) is 2.66. The summed E-state index contributed by atoms with van der Waals surface area (Å²) in [6.07, 6.45) is 6.02. The highest BCUT2D eigenvalue weighted by atomic mass is 32.1. The summed E-state index contributed by atoms with van der Waals surface area (Å²) in [7, 11) is 1.92. The minimum Gasteiger partial charge on any atom is -0.305 e. The van der Waals surface area contributed by atoms with Crippen molar-refractivity contribution in [1.82, 2.24) is 24.5 Å². The molecule has 88 valence electrons. The second-order valence-electron chi connectivity index (χ2n) is 3.91. The number of thiazole rings is 1. The first kappa shape index (κ1) is 10.5. The van der Waals surface area contributed by atoms with E-state index in [1.807, 2.05) is 40.0 Å². The fourth-order valence-electron chi connectivity index (χ4n) is 1.74. The first-order valence-electron chi connectivity index (χ1n) is 5.41. The molecule has 0 radical (unpaired) electrons. The van der Waals surface area contributed by atoms with Crippen LogP contribution < -0.4 is 5.32 Å². The van der Waals surface area contributed by atoms with E-state index in [9.17, 15) is 0 Å². The summed E-state index contributed by atoms with van der Waals surface area (Å²) >= 11 is 1.65. The second kappa shape index (κ2) is 4.31. The molecule has 0 unspecified atom stereocenters. The predicted octanol–water partition coefficient (Wildman–Crippen LogP) is 1.42. The van der Waals surface area contributed by atoms with Crippen molar-refractivity contribution in [2.24, 2.45) is 7.05 Å². The average Bonchev–Trinajstić information content (AvgIpc) is 2.94. The molecule has 0 fully saturated rings. The lowest BCUT2D eigenvalue weighted by Crippen LogP contribution is -2.13. The summed E-state index contributed by atoms with van der Waals surface area (Å²) in [6.45, 7) is 1.54. The minimum absolute atomic E-state index is 0.769. The van der Waals surface area contributed by atoms with Crippen LogP contribution in [0, 0.1) is 0 Å². The Hall–Kier alpha value is -1.66. The summed E-state index contributed by atoms with van der Waals surface area (Å²) in [6, 6.07) is 2.01. The highest BCUT2D eigenvalue weighted by molar-refractivity contribution is 7.15. The molecule has 1 N–H and O–H groups in total. The summed E-state index contributed by atoms with van der Waals surface area (Å²) in [5, 5.41) is 9.68. The number of hydrogen-bond acceptors (Lipinski definition) is 4. The van der Waals surface area contributed by atoms with Crippen LogP contribution in [0.1, 0.15) is 11.4 Å². The third-order valence-electron chi connectivity index (χ3n) is 2.52. The number of hydrogen-bond donors (Lipinski definition) is 1. The molecule has 3 rings (SSSR count). The van der Waals surface area contributed by atoms with E-state index in [0.29, 0.717) is 0 Å². The molecule has 17 heavy (non-hydrogen) atoms. The van der Waals surface area contributed by atoms with Crippen LogP contribution in [0.25, 0.3) is 4.96 Å². The van der Waals surface area contributed by atoms with Crippen LogP contribution in [0.15, 0.2) is 30.0 Å². The van der Waals surface area contributed by atoms with Crippen molar-refractivity contribution >= 4 is 16.3 Å². The quantitative estimate of drug-likeness (QED) is 0.758. The van der Waals surface area contributed by atoms with Gasteiger partial charge in [0.05, 0.1) is 11.4 Å². The maximum atomic E-state index is 4.50. The maximum Gasteiger partial charge on any atom is 0.193 e. The second-order valence-corrected chi connectivity index (χ2v) is 4.78. The van der Waals surface area contributed by atoms with E-state index in [1.54, 1.807) is 11.3 Å². The van der Waals surface area contributed by atoms with Gasteiger partial charge in [0.25, 0.3) is 0 Å². The van der Waals surface area contributed by atoms with E-state index in [1.165, 1.54) is 0 Å². The largest absolute Gasteiger partial charge is 0.305 e. The van der Waals surface area contributed by atoms with Crippen molar-refractivity contribution < 1.29 is 0 Å². The van der Waals surface area contributed by atoms with Gasteiger partial charge in [-0.05, 0) is 6.07 Å². The summed E-state index contributed by atoms with van der Waals surface area (Å²) in [4.78, 5) is 5.54. The van der Waals surface area contributed by atoms with Gasteiger partial charge in [0.2, 0.25) is 0 Å². The van der Waals surface area contributed by atoms with Gasteiger partial charge in [-0.15, -0.1) is 11.3 Å². The van der Waals surface area contributed by atoms with E-state index in [-0.39, 0.29) is 0 Å². The fraction of sp³-hybridized carbons (Fsp3) is 0.273. The van der Waals surface area contributed by atoms with E-state index < -0.39 is 0 Å². The van der Waals surface area contributed by atoms with Gasteiger partial charge in [0, 0.05) is 44.1 Å².